The van der Waals surface area contributed by atoms with Crippen LogP contribution in [0.3, 0.4) is 0 Å². The Morgan fingerprint density at radius 2 is 1.20 bits per heavy atom. The second kappa shape index (κ2) is 21.1. The molecule has 0 aliphatic carbocycles. The molecule has 3 amide bonds. The van der Waals surface area contributed by atoms with E-state index < -0.39 is 5.60 Å². The molecule has 4 heterocycles. The molecule has 3 aromatic carbocycles. The van der Waals surface area contributed by atoms with Crippen molar-refractivity contribution < 1.29 is 23.2 Å². The van der Waals surface area contributed by atoms with E-state index in [1.54, 1.807) is 9.13 Å². The normalized spacial score (nSPS) is 18.4. The number of carbonyl (C=O) groups is 2. The van der Waals surface area contributed by atoms with Crippen LogP contribution in [0.5, 0.6) is 0 Å². The zero-order valence-corrected chi connectivity index (χ0v) is 41.4. The summed E-state index contributed by atoms with van der Waals surface area (Å²) >= 11 is 0. The monoisotopic (exact) mass is 910 g/mol. The zero-order chi connectivity index (χ0) is 48.0. The number of benzene rings is 3. The van der Waals surface area contributed by atoms with Gasteiger partial charge in [0.25, 0.3) is 0 Å². The molecule has 360 valence electrons. The standard InChI is InChI=1S/C29H40N4O3.C23H35N3O4/c1-29(2)21-24(23-13-14-25-26(20-23)36-28(35)32(25)19-18-31(3)4)15-17-33(29)27(34)30-16-9-8-12-22-10-6-5-7-11-22;1-22(2,3)30-21(28)26-11-10-17(15-23(26,4)5)16-8-9-18-19(14-16)29-20(27)25(18)13-12-24(6)7/h5-7,10-11,13-14,20,24H,8-9,12,15-19,21H2,1-4H3,(H,30,34);8-9,14,17H,10-13,15H2,1-7H3. The Balaban J connectivity index is 0.000000222. The quantitative estimate of drug-likeness (QED) is 0.115. The van der Waals surface area contributed by atoms with E-state index in [-0.39, 0.29) is 34.7 Å². The molecule has 2 fully saturated rings. The number of likely N-dealkylation sites (tertiary alicyclic amines) is 2. The van der Waals surface area contributed by atoms with Crippen molar-refractivity contribution in [1.82, 2.24) is 34.1 Å². The fourth-order valence-corrected chi connectivity index (χ4v) is 9.49. The zero-order valence-electron chi connectivity index (χ0n) is 41.4. The van der Waals surface area contributed by atoms with E-state index in [0.29, 0.717) is 55.7 Å². The van der Waals surface area contributed by atoms with Gasteiger partial charge in [0, 0.05) is 56.9 Å². The molecular weight excluding hydrogens is 835 g/mol. The van der Waals surface area contributed by atoms with Crippen LogP contribution in [-0.2, 0) is 24.2 Å². The molecule has 1 N–H and O–H groups in total. The van der Waals surface area contributed by atoms with Crippen LogP contribution in [-0.4, -0.2) is 118 Å². The number of urea groups is 1. The number of hydrogen-bond donors (Lipinski definition) is 1. The van der Waals surface area contributed by atoms with E-state index >= 15 is 0 Å². The van der Waals surface area contributed by atoms with Crippen molar-refractivity contribution in [1.29, 1.82) is 0 Å². The van der Waals surface area contributed by atoms with Crippen molar-refractivity contribution in [3.05, 3.63) is 105 Å². The van der Waals surface area contributed by atoms with Gasteiger partial charge in [0.05, 0.1) is 11.0 Å². The second-order valence-corrected chi connectivity index (χ2v) is 21.1. The highest BCUT2D eigenvalue weighted by atomic mass is 16.6. The van der Waals surface area contributed by atoms with Crippen LogP contribution in [0, 0.1) is 0 Å². The number of fused-ring (bicyclic) bond motifs is 2. The van der Waals surface area contributed by atoms with Crippen molar-refractivity contribution >= 4 is 34.3 Å². The van der Waals surface area contributed by atoms with E-state index in [1.165, 1.54) is 11.1 Å². The minimum absolute atomic E-state index is 0.0255. The minimum atomic E-state index is -0.508. The van der Waals surface area contributed by atoms with Crippen LogP contribution in [0.1, 0.15) is 116 Å². The summed E-state index contributed by atoms with van der Waals surface area (Å²) < 4.78 is 20.1. The average molecular weight is 910 g/mol. The van der Waals surface area contributed by atoms with Crippen LogP contribution < -0.4 is 16.8 Å². The maximum Gasteiger partial charge on any atom is 0.419 e. The fraction of sp³-hybridized carbons (Fsp3) is 0.577. The van der Waals surface area contributed by atoms with Crippen molar-refractivity contribution in [2.24, 2.45) is 0 Å². The Bertz CT molecular complexity index is 2520. The summed E-state index contributed by atoms with van der Waals surface area (Å²) in [6.07, 6.45) is 6.24. The summed E-state index contributed by atoms with van der Waals surface area (Å²) in [5, 5.41) is 3.13. The maximum atomic E-state index is 13.0. The predicted molar refractivity (Wildman–Crippen MR) is 263 cm³/mol. The number of aromatic nitrogens is 2. The molecule has 2 aliphatic rings. The van der Waals surface area contributed by atoms with Gasteiger partial charge < -0.3 is 38.5 Å². The van der Waals surface area contributed by atoms with Gasteiger partial charge in [0.15, 0.2) is 11.2 Å². The van der Waals surface area contributed by atoms with E-state index in [2.05, 4.69) is 74.3 Å². The number of rotatable bonds is 13. The number of amides is 3. The Kier molecular flexibility index (Phi) is 16.0. The number of carbonyl (C=O) groups excluding carboxylic acids is 2. The number of unbranched alkanes of at least 4 members (excludes halogenated alkanes) is 1. The number of nitrogens with zero attached hydrogens (tertiary/aromatic N) is 6. The second-order valence-electron chi connectivity index (χ2n) is 21.1. The van der Waals surface area contributed by atoms with Gasteiger partial charge in [-0.25, -0.2) is 19.2 Å². The molecule has 0 spiro atoms. The molecule has 2 saturated heterocycles. The molecular formula is C52H75N7O7. The van der Waals surface area contributed by atoms with Crippen LogP contribution >= 0.6 is 0 Å². The van der Waals surface area contributed by atoms with Gasteiger partial charge in [0.1, 0.15) is 5.60 Å². The van der Waals surface area contributed by atoms with Gasteiger partial charge in [0.2, 0.25) is 0 Å². The number of oxazole rings is 2. The van der Waals surface area contributed by atoms with Crippen molar-refractivity contribution in [2.75, 3.05) is 60.9 Å². The maximum absolute atomic E-state index is 13.0. The lowest BCUT2D eigenvalue weighted by molar-refractivity contribution is -0.00934. The van der Waals surface area contributed by atoms with Crippen LogP contribution in [0.4, 0.5) is 9.59 Å². The molecule has 2 atom stereocenters. The SMILES string of the molecule is CN(C)CCn1c(=O)oc2cc(C3CCN(C(=O)NCCCCc4ccccc4)C(C)(C)C3)ccc21.CN(C)CCn1c(=O)oc2cc(C3CCN(C(=O)OC(C)(C)C)C(C)(C)C3)ccc21. The number of ether oxygens (including phenoxy) is 1. The first-order valence-corrected chi connectivity index (χ1v) is 23.8. The highest BCUT2D eigenvalue weighted by molar-refractivity contribution is 5.76. The number of piperidine rings is 2. The van der Waals surface area contributed by atoms with E-state index in [4.69, 9.17) is 13.6 Å². The van der Waals surface area contributed by atoms with Gasteiger partial charge in [-0.3, -0.25) is 9.13 Å². The number of aryl methyl sites for hydroxylation is 1. The Hall–Kier alpha value is -5.34. The summed E-state index contributed by atoms with van der Waals surface area (Å²) in [5.41, 5.74) is 5.51. The van der Waals surface area contributed by atoms with Gasteiger partial charge in [-0.1, -0.05) is 42.5 Å². The Morgan fingerprint density at radius 3 is 1.65 bits per heavy atom. The summed E-state index contributed by atoms with van der Waals surface area (Å²) in [7, 11) is 7.95. The predicted octanol–water partition coefficient (Wildman–Crippen LogP) is 8.90. The van der Waals surface area contributed by atoms with Crippen LogP contribution in [0.25, 0.3) is 22.2 Å². The summed E-state index contributed by atoms with van der Waals surface area (Å²) in [6.45, 7) is 18.9. The highest BCUT2D eigenvalue weighted by Gasteiger charge is 2.41. The van der Waals surface area contributed by atoms with Gasteiger partial charge >= 0.3 is 23.6 Å². The number of hydrogen-bond acceptors (Lipinski definition) is 9. The average Bonchev–Trinajstić information content (AvgIpc) is 3.73. The van der Waals surface area contributed by atoms with Crippen LogP contribution in [0.2, 0.25) is 0 Å². The molecule has 0 radical (unpaired) electrons. The third-order valence-corrected chi connectivity index (χ3v) is 13.1. The molecule has 2 unspecified atom stereocenters. The fourth-order valence-electron chi connectivity index (χ4n) is 9.49. The first-order valence-electron chi connectivity index (χ1n) is 23.8. The minimum Gasteiger partial charge on any atom is -0.444 e. The summed E-state index contributed by atoms with van der Waals surface area (Å²) in [5.74, 6) is -0.0167. The van der Waals surface area contributed by atoms with Crippen molar-refractivity contribution in [2.45, 2.75) is 135 Å². The largest absolute Gasteiger partial charge is 0.444 e. The third kappa shape index (κ3) is 12.8. The van der Waals surface area contributed by atoms with Gasteiger partial charge in [-0.2, -0.15) is 0 Å². The lowest BCUT2D eigenvalue weighted by Gasteiger charge is -2.45. The van der Waals surface area contributed by atoms with Crippen molar-refractivity contribution in [3.8, 4) is 0 Å². The lowest BCUT2D eigenvalue weighted by Crippen LogP contribution is -2.55. The molecule has 0 bridgehead atoms. The van der Waals surface area contributed by atoms with Crippen LogP contribution in [0.15, 0.2) is 85.2 Å². The molecule has 14 heteroatoms. The lowest BCUT2D eigenvalue weighted by atomic mass is 9.79. The van der Waals surface area contributed by atoms with E-state index in [0.717, 1.165) is 74.6 Å². The molecule has 0 saturated carbocycles. The smallest absolute Gasteiger partial charge is 0.419 e. The summed E-state index contributed by atoms with van der Waals surface area (Å²) in [4.78, 5) is 58.2. The van der Waals surface area contributed by atoms with E-state index in [9.17, 15) is 19.2 Å². The molecule has 5 aromatic rings. The number of nitrogens with one attached hydrogen (secondary N) is 1. The first kappa shape index (κ1) is 50.1. The van der Waals surface area contributed by atoms with Crippen molar-refractivity contribution in [3.63, 3.8) is 0 Å². The van der Waals surface area contributed by atoms with Gasteiger partial charge in [-0.15, -0.1) is 0 Å². The topological polar surface area (TPSA) is 139 Å². The summed E-state index contributed by atoms with van der Waals surface area (Å²) in [6, 6.07) is 22.7. The first-order chi connectivity index (χ1) is 31.1. The highest BCUT2D eigenvalue weighted by Crippen LogP contribution is 2.40. The Morgan fingerprint density at radius 1 is 0.712 bits per heavy atom. The van der Waals surface area contributed by atoms with Gasteiger partial charge in [-0.05, 0) is 174 Å². The third-order valence-electron chi connectivity index (χ3n) is 13.1. The molecule has 7 rings (SSSR count). The Labute approximate surface area is 390 Å². The van der Waals surface area contributed by atoms with E-state index in [1.807, 2.05) is 94.0 Å². The molecule has 66 heavy (non-hydrogen) atoms. The molecule has 2 aliphatic heterocycles. The molecule has 14 nitrogen and oxygen atoms in total. The molecule has 2 aromatic heterocycles. The number of likely N-dealkylation sites (N-methyl/N-ethyl adjacent to an activating group) is 2.